The van der Waals surface area contributed by atoms with Crippen LogP contribution in [0.3, 0.4) is 0 Å². The van der Waals surface area contributed by atoms with Gasteiger partial charge in [0.2, 0.25) is 5.91 Å². The van der Waals surface area contributed by atoms with Crippen molar-refractivity contribution < 1.29 is 14.3 Å². The first-order valence-electron chi connectivity index (χ1n) is 7.62. The van der Waals surface area contributed by atoms with E-state index >= 15 is 0 Å². The Kier molecular flexibility index (Phi) is 6.71. The van der Waals surface area contributed by atoms with Gasteiger partial charge in [-0.1, -0.05) is 0 Å². The van der Waals surface area contributed by atoms with E-state index in [2.05, 4.69) is 4.98 Å². The highest BCUT2D eigenvalue weighted by Crippen LogP contribution is 2.28. The van der Waals surface area contributed by atoms with Crippen LogP contribution >= 0.6 is 11.8 Å². The number of esters is 1. The Morgan fingerprint density at radius 2 is 2.09 bits per heavy atom. The van der Waals surface area contributed by atoms with E-state index < -0.39 is 0 Å². The molecule has 1 aromatic heterocycles. The van der Waals surface area contributed by atoms with Gasteiger partial charge in [0.1, 0.15) is 0 Å². The van der Waals surface area contributed by atoms with Gasteiger partial charge in [0.25, 0.3) is 0 Å². The molecule has 1 fully saturated rings. The molecule has 1 aliphatic carbocycles. The van der Waals surface area contributed by atoms with Crippen LogP contribution in [0.4, 0.5) is 0 Å². The van der Waals surface area contributed by atoms with E-state index in [1.54, 1.807) is 31.1 Å². The van der Waals surface area contributed by atoms with Crippen molar-refractivity contribution in [2.24, 2.45) is 0 Å². The molecule has 0 aromatic carbocycles. The number of thioether (sulfide) groups is 1. The minimum atomic E-state index is -0.231. The van der Waals surface area contributed by atoms with Gasteiger partial charge in [-0.25, -0.2) is 0 Å². The van der Waals surface area contributed by atoms with E-state index in [-0.39, 0.29) is 18.3 Å². The molecule has 6 heteroatoms. The maximum Gasteiger partial charge on any atom is 0.307 e. The van der Waals surface area contributed by atoms with E-state index in [1.807, 2.05) is 17.0 Å². The molecule has 22 heavy (non-hydrogen) atoms. The summed E-state index contributed by atoms with van der Waals surface area (Å²) in [6, 6.07) is 4.23. The lowest BCUT2D eigenvalue weighted by Gasteiger charge is -2.21. The Morgan fingerprint density at radius 3 is 2.73 bits per heavy atom. The molecule has 0 N–H and O–H groups in total. The Balaban J connectivity index is 1.74. The van der Waals surface area contributed by atoms with E-state index in [0.717, 1.165) is 24.2 Å². The van der Waals surface area contributed by atoms with Crippen LogP contribution in [0.2, 0.25) is 0 Å². The molecule has 0 atom stereocenters. The molecule has 1 saturated carbocycles. The third-order valence-electron chi connectivity index (χ3n) is 3.41. The summed E-state index contributed by atoms with van der Waals surface area (Å²) >= 11 is 1.60. The van der Waals surface area contributed by atoms with Gasteiger partial charge in [-0.2, -0.15) is 0 Å². The maximum atomic E-state index is 12.3. The highest BCUT2D eigenvalue weighted by Gasteiger charge is 2.32. The van der Waals surface area contributed by atoms with Crippen LogP contribution in [-0.2, 0) is 20.1 Å². The summed E-state index contributed by atoms with van der Waals surface area (Å²) in [5.41, 5.74) is 1.16. The SMILES string of the molecule is CCOC(=O)CCN(C(=O)CSCc1ccncc1)C1CC1. The highest BCUT2D eigenvalue weighted by atomic mass is 32.2. The van der Waals surface area contributed by atoms with Gasteiger partial charge < -0.3 is 9.64 Å². The minimum Gasteiger partial charge on any atom is -0.466 e. The first-order valence-corrected chi connectivity index (χ1v) is 8.78. The fraction of sp³-hybridized carbons (Fsp3) is 0.562. The van der Waals surface area contributed by atoms with Crippen LogP contribution in [0.5, 0.6) is 0 Å². The number of nitrogens with zero attached hydrogens (tertiary/aromatic N) is 2. The predicted molar refractivity (Wildman–Crippen MR) is 86.4 cm³/mol. The average molecular weight is 322 g/mol. The first kappa shape index (κ1) is 16.8. The van der Waals surface area contributed by atoms with Gasteiger partial charge in [0.15, 0.2) is 0 Å². The number of hydrogen-bond acceptors (Lipinski definition) is 5. The second-order valence-electron chi connectivity index (χ2n) is 5.22. The third-order valence-corrected chi connectivity index (χ3v) is 4.40. The molecule has 120 valence electrons. The smallest absolute Gasteiger partial charge is 0.307 e. The van der Waals surface area contributed by atoms with Crippen molar-refractivity contribution in [1.29, 1.82) is 0 Å². The van der Waals surface area contributed by atoms with Crippen molar-refractivity contribution in [3.05, 3.63) is 30.1 Å². The summed E-state index contributed by atoms with van der Waals surface area (Å²) in [6.45, 7) is 2.65. The number of hydrogen-bond donors (Lipinski definition) is 0. The quantitative estimate of drug-likeness (QED) is 0.653. The molecule has 0 unspecified atom stereocenters. The minimum absolute atomic E-state index is 0.117. The summed E-state index contributed by atoms with van der Waals surface area (Å²) in [5.74, 6) is 1.13. The van der Waals surface area contributed by atoms with Crippen molar-refractivity contribution in [3.8, 4) is 0 Å². The van der Waals surface area contributed by atoms with Gasteiger partial charge in [-0.3, -0.25) is 14.6 Å². The van der Waals surface area contributed by atoms with Crippen molar-refractivity contribution in [3.63, 3.8) is 0 Å². The topological polar surface area (TPSA) is 59.5 Å². The molecular weight excluding hydrogens is 300 g/mol. The monoisotopic (exact) mass is 322 g/mol. The molecule has 1 aromatic rings. The number of carbonyl (C=O) groups excluding carboxylic acids is 2. The van der Waals surface area contributed by atoms with E-state index in [1.165, 1.54) is 0 Å². The van der Waals surface area contributed by atoms with Crippen molar-refractivity contribution in [2.45, 2.75) is 38.0 Å². The Bertz CT molecular complexity index is 491. The number of carbonyl (C=O) groups is 2. The van der Waals surface area contributed by atoms with Crippen LogP contribution in [0, 0.1) is 0 Å². The molecular formula is C16H22N2O3S. The van der Waals surface area contributed by atoms with Gasteiger partial charge in [0, 0.05) is 30.7 Å². The zero-order chi connectivity index (χ0) is 15.8. The summed E-state index contributed by atoms with van der Waals surface area (Å²) in [6.07, 6.45) is 5.89. The standard InChI is InChI=1S/C16H22N2O3S/c1-2-21-16(20)7-10-18(14-3-4-14)15(19)12-22-11-13-5-8-17-9-6-13/h5-6,8-9,14H,2-4,7,10-12H2,1H3. The number of rotatable bonds is 9. The largest absolute Gasteiger partial charge is 0.466 e. The molecule has 1 amide bonds. The molecule has 2 rings (SSSR count). The van der Waals surface area contributed by atoms with Gasteiger partial charge in [-0.15, -0.1) is 11.8 Å². The Morgan fingerprint density at radius 1 is 1.36 bits per heavy atom. The van der Waals surface area contributed by atoms with Crippen LogP contribution < -0.4 is 0 Å². The number of aromatic nitrogens is 1. The summed E-state index contributed by atoms with van der Waals surface area (Å²) in [7, 11) is 0. The number of amides is 1. The molecule has 0 aliphatic heterocycles. The molecule has 1 aliphatic rings. The third kappa shape index (κ3) is 5.67. The Hall–Kier alpha value is -1.56. The van der Waals surface area contributed by atoms with Gasteiger partial charge in [0.05, 0.1) is 18.8 Å². The van der Waals surface area contributed by atoms with E-state index in [0.29, 0.717) is 24.9 Å². The summed E-state index contributed by atoms with van der Waals surface area (Å²) < 4.78 is 4.92. The summed E-state index contributed by atoms with van der Waals surface area (Å²) in [5, 5.41) is 0. The maximum absolute atomic E-state index is 12.3. The average Bonchev–Trinajstić information content (AvgIpc) is 3.34. The molecule has 5 nitrogen and oxygen atoms in total. The Labute approximate surface area is 135 Å². The lowest BCUT2D eigenvalue weighted by molar-refractivity contribution is -0.144. The van der Waals surface area contributed by atoms with Gasteiger partial charge >= 0.3 is 5.97 Å². The molecule has 0 spiro atoms. The molecule has 0 saturated heterocycles. The van der Waals surface area contributed by atoms with Crippen LogP contribution in [0.25, 0.3) is 0 Å². The normalized spacial score (nSPS) is 13.7. The zero-order valence-corrected chi connectivity index (χ0v) is 13.7. The lowest BCUT2D eigenvalue weighted by Crippen LogP contribution is -2.36. The summed E-state index contributed by atoms with van der Waals surface area (Å²) in [4.78, 5) is 29.6. The highest BCUT2D eigenvalue weighted by molar-refractivity contribution is 7.99. The van der Waals surface area contributed by atoms with Crippen molar-refractivity contribution >= 4 is 23.6 Å². The fourth-order valence-corrected chi connectivity index (χ4v) is 3.03. The predicted octanol–water partition coefficient (Wildman–Crippen LogP) is 2.26. The van der Waals surface area contributed by atoms with Crippen LogP contribution in [-0.4, -0.2) is 46.7 Å². The van der Waals surface area contributed by atoms with Crippen LogP contribution in [0.1, 0.15) is 31.7 Å². The van der Waals surface area contributed by atoms with E-state index in [4.69, 9.17) is 4.74 Å². The van der Waals surface area contributed by atoms with Crippen LogP contribution in [0.15, 0.2) is 24.5 Å². The fourth-order valence-electron chi connectivity index (χ4n) is 2.16. The molecule has 0 bridgehead atoms. The van der Waals surface area contributed by atoms with Gasteiger partial charge in [-0.05, 0) is 37.5 Å². The first-order chi connectivity index (χ1) is 10.7. The van der Waals surface area contributed by atoms with Crippen molar-refractivity contribution in [1.82, 2.24) is 9.88 Å². The zero-order valence-electron chi connectivity index (χ0n) is 12.9. The molecule has 1 heterocycles. The number of ether oxygens (including phenoxy) is 1. The number of pyridine rings is 1. The second-order valence-corrected chi connectivity index (χ2v) is 6.21. The lowest BCUT2D eigenvalue weighted by atomic mass is 10.3. The van der Waals surface area contributed by atoms with Crippen molar-refractivity contribution in [2.75, 3.05) is 18.9 Å². The molecule has 0 radical (unpaired) electrons. The van der Waals surface area contributed by atoms with E-state index in [9.17, 15) is 9.59 Å². The second kappa shape index (κ2) is 8.78.